The van der Waals surface area contributed by atoms with E-state index in [1.807, 2.05) is 48.5 Å². The zero-order chi connectivity index (χ0) is 22.1. The van der Waals surface area contributed by atoms with Gasteiger partial charge in [0.15, 0.2) is 0 Å². The molecular formula is C26H30N2O4. The molecule has 0 amide bonds. The number of rotatable bonds is 8. The maximum absolute atomic E-state index is 12.8. The number of ether oxygens (including phenoxy) is 1. The minimum absolute atomic E-state index is 0.153. The number of piperazine rings is 1. The van der Waals surface area contributed by atoms with Gasteiger partial charge < -0.3 is 14.3 Å². The van der Waals surface area contributed by atoms with Gasteiger partial charge in [0.05, 0.1) is 12.7 Å². The van der Waals surface area contributed by atoms with E-state index in [1.54, 1.807) is 0 Å². The van der Waals surface area contributed by atoms with Crippen LogP contribution in [-0.2, 0) is 28.9 Å². The Morgan fingerprint density at radius 2 is 1.88 bits per heavy atom. The molecule has 2 aliphatic heterocycles. The molecule has 0 saturated carbocycles. The summed E-state index contributed by atoms with van der Waals surface area (Å²) < 4.78 is 11.6. The van der Waals surface area contributed by atoms with Crippen LogP contribution in [0.15, 0.2) is 59.0 Å². The number of hydrogen-bond donors (Lipinski definition) is 1. The SMILES string of the molecule is CCc1oc2ccccc2c1CN1CCN(CC2CO2)C(Cc2ccccc2)(C(=O)O)C1. The Balaban J connectivity index is 1.46. The van der Waals surface area contributed by atoms with Crippen molar-refractivity contribution in [2.75, 3.05) is 32.8 Å². The van der Waals surface area contributed by atoms with E-state index >= 15 is 0 Å². The van der Waals surface area contributed by atoms with Crippen LogP contribution in [0.1, 0.15) is 23.8 Å². The predicted octanol–water partition coefficient (Wildman–Crippen LogP) is 3.58. The van der Waals surface area contributed by atoms with Gasteiger partial charge in [-0.1, -0.05) is 55.5 Å². The van der Waals surface area contributed by atoms with Gasteiger partial charge in [-0.15, -0.1) is 0 Å². The van der Waals surface area contributed by atoms with Crippen LogP contribution in [0.4, 0.5) is 0 Å². The third kappa shape index (κ3) is 4.06. The first-order valence-electron chi connectivity index (χ1n) is 11.4. The molecule has 3 aromatic rings. The van der Waals surface area contributed by atoms with E-state index in [9.17, 15) is 9.90 Å². The van der Waals surface area contributed by atoms with Gasteiger partial charge in [-0.3, -0.25) is 14.6 Å². The Bertz CT molecular complexity index is 1090. The number of aryl methyl sites for hydroxylation is 1. The second kappa shape index (κ2) is 8.70. The van der Waals surface area contributed by atoms with Gasteiger partial charge in [0, 0.05) is 56.5 Å². The maximum Gasteiger partial charge on any atom is 0.325 e. The average molecular weight is 435 g/mol. The standard InChI is InChI=1S/C26H30N2O4/c1-2-23-22(21-10-6-7-11-24(21)32-23)16-27-12-13-28(15-20-17-31-20)26(18-27,25(29)30)14-19-8-4-3-5-9-19/h3-11,20H,2,12-18H2,1H3,(H,29,30). The molecule has 0 bridgehead atoms. The number of para-hydroxylation sites is 1. The molecule has 6 heteroatoms. The fourth-order valence-electron chi connectivity index (χ4n) is 5.06. The fraction of sp³-hybridized carbons (Fsp3) is 0.423. The van der Waals surface area contributed by atoms with Crippen molar-refractivity contribution in [2.24, 2.45) is 0 Å². The maximum atomic E-state index is 12.8. The van der Waals surface area contributed by atoms with Crippen LogP contribution < -0.4 is 0 Å². The van der Waals surface area contributed by atoms with Crippen LogP contribution in [0.25, 0.3) is 11.0 Å². The van der Waals surface area contributed by atoms with Crippen molar-refractivity contribution in [1.82, 2.24) is 9.80 Å². The van der Waals surface area contributed by atoms with Crippen LogP contribution >= 0.6 is 0 Å². The average Bonchev–Trinajstić information content (AvgIpc) is 3.56. The van der Waals surface area contributed by atoms with Gasteiger partial charge in [0.2, 0.25) is 0 Å². The van der Waals surface area contributed by atoms with E-state index in [0.717, 1.165) is 41.9 Å². The highest BCUT2D eigenvalue weighted by Crippen LogP contribution is 2.32. The molecule has 1 N–H and O–H groups in total. The Morgan fingerprint density at radius 3 is 2.59 bits per heavy atom. The van der Waals surface area contributed by atoms with E-state index in [0.29, 0.717) is 32.6 Å². The molecule has 2 aromatic carbocycles. The summed E-state index contributed by atoms with van der Waals surface area (Å²) in [5, 5.41) is 11.7. The topological polar surface area (TPSA) is 69.5 Å². The quantitative estimate of drug-likeness (QED) is 0.547. The van der Waals surface area contributed by atoms with Crippen molar-refractivity contribution in [1.29, 1.82) is 0 Å². The van der Waals surface area contributed by atoms with Gasteiger partial charge in [-0.2, -0.15) is 0 Å². The molecule has 0 radical (unpaired) electrons. The molecule has 1 aromatic heterocycles. The van der Waals surface area contributed by atoms with Gasteiger partial charge in [-0.25, -0.2) is 0 Å². The number of nitrogens with zero attached hydrogens (tertiary/aromatic N) is 2. The second-order valence-corrected chi connectivity index (χ2v) is 8.96. The summed E-state index contributed by atoms with van der Waals surface area (Å²) in [5.74, 6) is 0.225. The lowest BCUT2D eigenvalue weighted by atomic mass is 9.85. The summed E-state index contributed by atoms with van der Waals surface area (Å²) in [6.45, 7) is 6.18. The molecule has 32 heavy (non-hydrogen) atoms. The number of carbonyl (C=O) groups is 1. The Hall–Kier alpha value is -2.67. The molecule has 2 fully saturated rings. The summed E-state index contributed by atoms with van der Waals surface area (Å²) >= 11 is 0. The summed E-state index contributed by atoms with van der Waals surface area (Å²) in [4.78, 5) is 17.3. The molecule has 0 aliphatic carbocycles. The monoisotopic (exact) mass is 434 g/mol. The number of aliphatic carboxylic acids is 1. The van der Waals surface area contributed by atoms with Crippen molar-refractivity contribution < 1.29 is 19.1 Å². The Labute approximate surface area is 188 Å². The minimum Gasteiger partial charge on any atom is -0.480 e. The smallest absolute Gasteiger partial charge is 0.325 e. The van der Waals surface area contributed by atoms with Crippen LogP contribution in [0.2, 0.25) is 0 Å². The normalized spacial score (nSPS) is 24.1. The number of benzene rings is 2. The van der Waals surface area contributed by atoms with E-state index in [1.165, 1.54) is 5.56 Å². The lowest BCUT2D eigenvalue weighted by Crippen LogP contribution is -2.67. The first-order chi connectivity index (χ1) is 15.6. The van der Waals surface area contributed by atoms with Crippen molar-refractivity contribution in [3.63, 3.8) is 0 Å². The van der Waals surface area contributed by atoms with Crippen LogP contribution in [-0.4, -0.2) is 65.3 Å². The molecule has 2 unspecified atom stereocenters. The molecule has 2 atom stereocenters. The van der Waals surface area contributed by atoms with Gasteiger partial charge in [0.1, 0.15) is 16.9 Å². The van der Waals surface area contributed by atoms with E-state index < -0.39 is 11.5 Å². The van der Waals surface area contributed by atoms with Gasteiger partial charge in [-0.05, 0) is 11.6 Å². The molecule has 3 heterocycles. The summed E-state index contributed by atoms with van der Waals surface area (Å²) in [7, 11) is 0. The summed E-state index contributed by atoms with van der Waals surface area (Å²) in [5.41, 5.74) is 2.14. The third-order valence-electron chi connectivity index (χ3n) is 6.83. The first-order valence-corrected chi connectivity index (χ1v) is 11.4. The lowest BCUT2D eigenvalue weighted by molar-refractivity contribution is -0.157. The third-order valence-corrected chi connectivity index (χ3v) is 6.83. The molecule has 5 rings (SSSR count). The van der Waals surface area contributed by atoms with E-state index in [4.69, 9.17) is 9.15 Å². The Morgan fingerprint density at radius 1 is 1.12 bits per heavy atom. The first kappa shape index (κ1) is 21.2. The number of epoxide rings is 1. The second-order valence-electron chi connectivity index (χ2n) is 8.96. The molecular weight excluding hydrogens is 404 g/mol. The molecule has 0 spiro atoms. The van der Waals surface area contributed by atoms with Crippen LogP contribution in [0.3, 0.4) is 0 Å². The number of carboxylic acid groups (broad SMARTS) is 1. The largest absolute Gasteiger partial charge is 0.480 e. The van der Waals surface area contributed by atoms with E-state index in [2.05, 4.69) is 22.8 Å². The molecule has 168 valence electrons. The van der Waals surface area contributed by atoms with Crippen LogP contribution in [0, 0.1) is 0 Å². The highest BCUT2D eigenvalue weighted by atomic mass is 16.6. The Kier molecular flexibility index (Phi) is 5.76. The zero-order valence-electron chi connectivity index (χ0n) is 18.5. The number of fused-ring (bicyclic) bond motifs is 1. The highest BCUT2D eigenvalue weighted by molar-refractivity contribution is 5.82. The minimum atomic E-state index is -0.989. The predicted molar refractivity (Wildman–Crippen MR) is 123 cm³/mol. The lowest BCUT2D eigenvalue weighted by Gasteiger charge is -2.48. The number of carboxylic acids is 1. The van der Waals surface area contributed by atoms with E-state index in [-0.39, 0.29) is 6.10 Å². The zero-order valence-corrected chi connectivity index (χ0v) is 18.5. The van der Waals surface area contributed by atoms with Crippen molar-refractivity contribution in [3.8, 4) is 0 Å². The summed E-state index contributed by atoms with van der Waals surface area (Å²) in [6.07, 6.45) is 1.44. The fourth-order valence-corrected chi connectivity index (χ4v) is 5.06. The number of furan rings is 1. The van der Waals surface area contributed by atoms with Gasteiger partial charge >= 0.3 is 5.97 Å². The van der Waals surface area contributed by atoms with Crippen LogP contribution in [0.5, 0.6) is 0 Å². The molecule has 2 saturated heterocycles. The van der Waals surface area contributed by atoms with Gasteiger partial charge in [0.25, 0.3) is 0 Å². The van der Waals surface area contributed by atoms with Crippen molar-refractivity contribution in [2.45, 2.75) is 38.0 Å². The van der Waals surface area contributed by atoms with Crippen molar-refractivity contribution >= 4 is 16.9 Å². The molecule has 2 aliphatic rings. The molecule has 6 nitrogen and oxygen atoms in total. The summed E-state index contributed by atoms with van der Waals surface area (Å²) in [6, 6.07) is 18.1. The number of hydrogen-bond acceptors (Lipinski definition) is 5. The highest BCUT2D eigenvalue weighted by Gasteiger charge is 2.49. The van der Waals surface area contributed by atoms with Crippen molar-refractivity contribution in [3.05, 3.63) is 71.5 Å².